The minimum absolute atomic E-state index is 0.196. The van der Waals surface area contributed by atoms with Crippen molar-refractivity contribution in [1.82, 2.24) is 14.8 Å². The van der Waals surface area contributed by atoms with Crippen LogP contribution in [0.5, 0.6) is 5.75 Å². The maximum Gasteiger partial charge on any atom is 0.341 e. The summed E-state index contributed by atoms with van der Waals surface area (Å²) in [6.45, 7) is 2.85. The van der Waals surface area contributed by atoms with Gasteiger partial charge in [0, 0.05) is 18.3 Å². The van der Waals surface area contributed by atoms with Crippen LogP contribution in [0.2, 0.25) is 0 Å². The molecular formula is C13H16N4O3. The topological polar surface area (TPSA) is 92.3 Å². The molecule has 106 valence electrons. The maximum absolute atomic E-state index is 11.7. The van der Waals surface area contributed by atoms with Gasteiger partial charge >= 0.3 is 5.97 Å². The zero-order chi connectivity index (χ0) is 14.5. The highest BCUT2D eigenvalue weighted by atomic mass is 16.5. The molecule has 0 aliphatic carbocycles. The zero-order valence-electron chi connectivity index (χ0n) is 11.4. The van der Waals surface area contributed by atoms with E-state index in [1.54, 1.807) is 22.9 Å². The van der Waals surface area contributed by atoms with E-state index in [-0.39, 0.29) is 6.61 Å². The van der Waals surface area contributed by atoms with Gasteiger partial charge in [0.1, 0.15) is 24.2 Å². The average molecular weight is 276 g/mol. The molecule has 0 atom stereocenters. The number of carbonyl (C=O) groups is 1. The summed E-state index contributed by atoms with van der Waals surface area (Å²) in [4.78, 5) is 15.8. The summed E-state index contributed by atoms with van der Waals surface area (Å²) in [6.07, 6.45) is 1.46. The molecule has 0 bridgehead atoms. The molecule has 0 fully saturated rings. The van der Waals surface area contributed by atoms with Crippen LogP contribution in [0.25, 0.3) is 0 Å². The predicted molar refractivity (Wildman–Crippen MR) is 72.2 cm³/mol. The summed E-state index contributed by atoms with van der Waals surface area (Å²) in [7, 11) is 1.32. The van der Waals surface area contributed by atoms with Gasteiger partial charge in [-0.1, -0.05) is 0 Å². The molecule has 0 saturated carbocycles. The molecule has 0 spiro atoms. The second-order valence-corrected chi connectivity index (χ2v) is 4.03. The summed E-state index contributed by atoms with van der Waals surface area (Å²) in [5.41, 5.74) is 6.54. The standard InChI is InChI=1S/C13H16N4O3/c1-3-17-12(15-8-16-17)7-20-11-6-9(14)4-5-10(11)13(18)19-2/h4-6,8H,3,7,14H2,1-2H3. The fourth-order valence-corrected chi connectivity index (χ4v) is 1.74. The van der Waals surface area contributed by atoms with Crippen LogP contribution < -0.4 is 10.5 Å². The summed E-state index contributed by atoms with van der Waals surface area (Å²) in [6, 6.07) is 4.77. The van der Waals surface area contributed by atoms with Crippen molar-refractivity contribution in [3.05, 3.63) is 35.9 Å². The number of anilines is 1. The van der Waals surface area contributed by atoms with Gasteiger partial charge in [-0.15, -0.1) is 0 Å². The van der Waals surface area contributed by atoms with Crippen LogP contribution in [0.4, 0.5) is 5.69 Å². The van der Waals surface area contributed by atoms with Gasteiger partial charge in [-0.25, -0.2) is 14.5 Å². The number of methoxy groups -OCH3 is 1. The van der Waals surface area contributed by atoms with Gasteiger partial charge in [-0.05, 0) is 19.1 Å². The van der Waals surface area contributed by atoms with E-state index in [1.807, 2.05) is 6.92 Å². The normalized spacial score (nSPS) is 10.3. The van der Waals surface area contributed by atoms with E-state index in [2.05, 4.69) is 10.1 Å². The fourth-order valence-electron chi connectivity index (χ4n) is 1.74. The molecule has 0 radical (unpaired) electrons. The molecule has 0 unspecified atom stereocenters. The van der Waals surface area contributed by atoms with Crippen molar-refractivity contribution in [2.24, 2.45) is 0 Å². The first-order valence-corrected chi connectivity index (χ1v) is 6.13. The smallest absolute Gasteiger partial charge is 0.341 e. The van der Waals surface area contributed by atoms with E-state index in [0.29, 0.717) is 29.4 Å². The van der Waals surface area contributed by atoms with E-state index in [0.717, 1.165) is 0 Å². The number of aromatic nitrogens is 3. The van der Waals surface area contributed by atoms with Crippen LogP contribution in [0, 0.1) is 0 Å². The lowest BCUT2D eigenvalue weighted by atomic mass is 10.2. The molecule has 2 rings (SSSR count). The molecule has 1 aromatic carbocycles. The van der Waals surface area contributed by atoms with Gasteiger partial charge in [0.15, 0.2) is 5.82 Å². The van der Waals surface area contributed by atoms with E-state index in [1.165, 1.54) is 13.4 Å². The molecule has 0 aliphatic heterocycles. The highest BCUT2D eigenvalue weighted by Gasteiger charge is 2.14. The van der Waals surface area contributed by atoms with E-state index >= 15 is 0 Å². The van der Waals surface area contributed by atoms with Crippen molar-refractivity contribution in [2.75, 3.05) is 12.8 Å². The van der Waals surface area contributed by atoms with Gasteiger partial charge in [0.25, 0.3) is 0 Å². The van der Waals surface area contributed by atoms with E-state index in [4.69, 9.17) is 15.2 Å². The molecule has 0 saturated heterocycles. The van der Waals surface area contributed by atoms with Crippen LogP contribution in [-0.4, -0.2) is 27.8 Å². The third-order valence-electron chi connectivity index (χ3n) is 2.76. The van der Waals surface area contributed by atoms with Crippen molar-refractivity contribution < 1.29 is 14.3 Å². The minimum atomic E-state index is -0.475. The van der Waals surface area contributed by atoms with Crippen molar-refractivity contribution in [1.29, 1.82) is 0 Å². The Hall–Kier alpha value is -2.57. The van der Waals surface area contributed by atoms with Crippen LogP contribution >= 0.6 is 0 Å². The third-order valence-corrected chi connectivity index (χ3v) is 2.76. The van der Waals surface area contributed by atoms with Crippen molar-refractivity contribution in [2.45, 2.75) is 20.1 Å². The Morgan fingerprint density at radius 2 is 2.25 bits per heavy atom. The van der Waals surface area contributed by atoms with Crippen molar-refractivity contribution in [3.63, 3.8) is 0 Å². The van der Waals surface area contributed by atoms with E-state index in [9.17, 15) is 4.79 Å². The number of rotatable bonds is 5. The first-order valence-electron chi connectivity index (χ1n) is 6.13. The third kappa shape index (κ3) is 2.87. The SMILES string of the molecule is CCn1ncnc1COc1cc(N)ccc1C(=O)OC. The highest BCUT2D eigenvalue weighted by molar-refractivity contribution is 5.93. The highest BCUT2D eigenvalue weighted by Crippen LogP contribution is 2.23. The first-order chi connectivity index (χ1) is 9.65. The quantitative estimate of drug-likeness (QED) is 0.652. The monoisotopic (exact) mass is 276 g/mol. The number of nitrogens with two attached hydrogens (primary N) is 1. The first kappa shape index (κ1) is 13.9. The second kappa shape index (κ2) is 6.05. The van der Waals surface area contributed by atoms with Gasteiger partial charge in [0.2, 0.25) is 0 Å². The summed E-state index contributed by atoms with van der Waals surface area (Å²) in [5.74, 6) is 0.560. The van der Waals surface area contributed by atoms with Gasteiger partial charge < -0.3 is 15.2 Å². The van der Waals surface area contributed by atoms with Crippen LogP contribution in [0.1, 0.15) is 23.1 Å². The minimum Gasteiger partial charge on any atom is -0.485 e. The summed E-state index contributed by atoms with van der Waals surface area (Å²) in [5, 5.41) is 4.05. The Bertz CT molecular complexity index is 609. The van der Waals surface area contributed by atoms with Crippen LogP contribution in [0.3, 0.4) is 0 Å². The Balaban J connectivity index is 2.20. The zero-order valence-corrected chi connectivity index (χ0v) is 11.4. The van der Waals surface area contributed by atoms with E-state index < -0.39 is 5.97 Å². The molecule has 2 aromatic rings. The van der Waals surface area contributed by atoms with Gasteiger partial charge in [-0.3, -0.25) is 0 Å². The number of hydrogen-bond acceptors (Lipinski definition) is 6. The molecule has 1 aromatic heterocycles. The predicted octanol–water partition coefficient (Wildman–Crippen LogP) is 1.25. The molecule has 0 amide bonds. The van der Waals surface area contributed by atoms with Crippen molar-refractivity contribution >= 4 is 11.7 Å². The van der Waals surface area contributed by atoms with Crippen LogP contribution in [-0.2, 0) is 17.9 Å². The van der Waals surface area contributed by atoms with Crippen LogP contribution in [0.15, 0.2) is 24.5 Å². The Morgan fingerprint density at radius 1 is 1.45 bits per heavy atom. The summed E-state index contributed by atoms with van der Waals surface area (Å²) < 4.78 is 12.0. The molecule has 7 heteroatoms. The number of ether oxygens (including phenoxy) is 2. The molecular weight excluding hydrogens is 260 g/mol. The lowest BCUT2D eigenvalue weighted by Crippen LogP contribution is -2.10. The second-order valence-electron chi connectivity index (χ2n) is 4.03. The maximum atomic E-state index is 11.7. The number of aryl methyl sites for hydroxylation is 1. The summed E-state index contributed by atoms with van der Waals surface area (Å²) >= 11 is 0. The Kier molecular flexibility index (Phi) is 4.19. The molecule has 7 nitrogen and oxygen atoms in total. The largest absolute Gasteiger partial charge is 0.485 e. The Labute approximate surface area is 116 Å². The molecule has 0 aliphatic rings. The molecule has 1 heterocycles. The number of benzene rings is 1. The molecule has 2 N–H and O–H groups in total. The number of esters is 1. The average Bonchev–Trinajstić information content (AvgIpc) is 2.91. The van der Waals surface area contributed by atoms with Gasteiger partial charge in [-0.2, -0.15) is 5.10 Å². The molecule has 20 heavy (non-hydrogen) atoms. The van der Waals surface area contributed by atoms with Gasteiger partial charge in [0.05, 0.1) is 7.11 Å². The Morgan fingerprint density at radius 3 is 2.95 bits per heavy atom. The van der Waals surface area contributed by atoms with Crippen molar-refractivity contribution in [3.8, 4) is 5.75 Å². The lowest BCUT2D eigenvalue weighted by Gasteiger charge is -2.11. The lowest BCUT2D eigenvalue weighted by molar-refractivity contribution is 0.0595. The number of nitrogens with zero attached hydrogens (tertiary/aromatic N) is 3. The fraction of sp³-hybridized carbons (Fsp3) is 0.308. The number of carbonyl (C=O) groups excluding carboxylic acids is 1. The number of hydrogen-bond donors (Lipinski definition) is 1. The number of nitrogen functional groups attached to an aromatic ring is 1.